The predicted molar refractivity (Wildman–Crippen MR) is 90.0 cm³/mol. The number of rotatable bonds is 6. The van der Waals surface area contributed by atoms with E-state index in [2.05, 4.69) is 19.7 Å². The second-order valence-electron chi connectivity index (χ2n) is 5.52. The third-order valence-corrected chi connectivity index (χ3v) is 5.08. The summed E-state index contributed by atoms with van der Waals surface area (Å²) >= 11 is 0. The Morgan fingerprint density at radius 2 is 2.16 bits per heavy atom. The third kappa shape index (κ3) is 5.32. The molecule has 0 radical (unpaired) electrons. The second-order valence-corrected chi connectivity index (χ2v) is 7.20. The lowest BCUT2D eigenvalue weighted by molar-refractivity contribution is 0.0966. The van der Waals surface area contributed by atoms with E-state index in [0.29, 0.717) is 38.4 Å². The van der Waals surface area contributed by atoms with Gasteiger partial charge in [0.05, 0.1) is 12.8 Å². The average Bonchev–Trinajstić information content (AvgIpc) is 3.03. The summed E-state index contributed by atoms with van der Waals surface area (Å²) in [6.45, 7) is 2.99. The fourth-order valence-electron chi connectivity index (χ4n) is 2.40. The number of ether oxygens (including phenoxy) is 1. The van der Waals surface area contributed by atoms with Crippen molar-refractivity contribution in [1.29, 1.82) is 0 Å². The van der Waals surface area contributed by atoms with Gasteiger partial charge in [0, 0.05) is 19.1 Å². The minimum Gasteiger partial charge on any atom is -0.450 e. The molecule has 1 aromatic rings. The molecule has 1 aromatic heterocycles. The molecule has 0 unspecified atom stereocenters. The normalized spacial score (nSPS) is 15.8. The van der Waals surface area contributed by atoms with Crippen LogP contribution in [0.3, 0.4) is 0 Å². The van der Waals surface area contributed by atoms with E-state index in [0.717, 1.165) is 0 Å². The predicted octanol–water partition coefficient (Wildman–Crippen LogP) is -0.918. The zero-order valence-corrected chi connectivity index (χ0v) is 14.8. The third-order valence-electron chi connectivity index (χ3n) is 3.65. The van der Waals surface area contributed by atoms with Crippen LogP contribution < -0.4 is 16.2 Å². The molecule has 1 fully saturated rings. The first kappa shape index (κ1) is 19.0. The molecule has 0 spiro atoms. The second kappa shape index (κ2) is 8.16. The minimum atomic E-state index is -3.74. The maximum absolute atomic E-state index is 12.4. The van der Waals surface area contributed by atoms with E-state index in [-0.39, 0.29) is 29.7 Å². The molecule has 2 heterocycles. The van der Waals surface area contributed by atoms with E-state index in [4.69, 9.17) is 16.2 Å². The highest BCUT2D eigenvalue weighted by Gasteiger charge is 2.28. The van der Waals surface area contributed by atoms with Crippen LogP contribution in [-0.2, 0) is 21.3 Å². The molecular formula is C13H23N7O4S. The summed E-state index contributed by atoms with van der Waals surface area (Å²) in [5, 5.41) is -0.0545. The zero-order valence-electron chi connectivity index (χ0n) is 13.9. The minimum absolute atomic E-state index is 0.0545. The highest BCUT2D eigenvalue weighted by Crippen LogP contribution is 2.15. The van der Waals surface area contributed by atoms with Gasteiger partial charge in [-0.15, -0.1) is 0 Å². The van der Waals surface area contributed by atoms with Crippen LogP contribution in [0.25, 0.3) is 0 Å². The number of nitrogens with zero attached hydrogens (tertiary/aromatic N) is 3. The van der Waals surface area contributed by atoms with Crippen molar-refractivity contribution >= 4 is 22.1 Å². The van der Waals surface area contributed by atoms with Gasteiger partial charge in [-0.05, 0) is 19.8 Å². The Bertz CT molecular complexity index is 718. The topological polar surface area (TPSA) is 169 Å². The summed E-state index contributed by atoms with van der Waals surface area (Å²) in [7, 11) is -3.74. The van der Waals surface area contributed by atoms with Gasteiger partial charge < -0.3 is 26.1 Å². The molecule has 0 atom stereocenters. The monoisotopic (exact) mass is 373 g/mol. The molecule has 1 aliphatic heterocycles. The Morgan fingerprint density at radius 3 is 2.76 bits per heavy atom. The van der Waals surface area contributed by atoms with Crippen LogP contribution >= 0.6 is 0 Å². The molecule has 140 valence electrons. The van der Waals surface area contributed by atoms with E-state index in [1.807, 2.05) is 0 Å². The van der Waals surface area contributed by atoms with Crippen molar-refractivity contribution in [2.75, 3.05) is 19.7 Å². The van der Waals surface area contributed by atoms with Gasteiger partial charge in [0.15, 0.2) is 11.0 Å². The van der Waals surface area contributed by atoms with E-state index < -0.39 is 10.0 Å². The number of imidazole rings is 1. The number of likely N-dealkylation sites (tertiary alicyclic amines) is 1. The first-order valence-electron chi connectivity index (χ1n) is 7.85. The molecule has 2 rings (SSSR count). The van der Waals surface area contributed by atoms with Gasteiger partial charge >= 0.3 is 6.09 Å². The number of carbonyl (C=O) groups is 1. The van der Waals surface area contributed by atoms with Crippen LogP contribution in [0.4, 0.5) is 4.79 Å². The van der Waals surface area contributed by atoms with Crippen LogP contribution in [0.15, 0.2) is 16.2 Å². The number of H-pyrrole nitrogens is 1. The lowest BCUT2D eigenvalue weighted by Gasteiger charge is -2.31. The molecule has 1 aliphatic rings. The molecule has 1 saturated heterocycles. The number of nitrogens with one attached hydrogen (secondary N) is 2. The molecule has 0 saturated carbocycles. The van der Waals surface area contributed by atoms with E-state index in [9.17, 15) is 13.2 Å². The Kier molecular flexibility index (Phi) is 6.20. The highest BCUT2D eigenvalue weighted by molar-refractivity contribution is 7.89. The number of guanidine groups is 1. The van der Waals surface area contributed by atoms with Crippen molar-refractivity contribution in [3.63, 3.8) is 0 Å². The molecule has 6 N–H and O–H groups in total. The van der Waals surface area contributed by atoms with Gasteiger partial charge in [0.25, 0.3) is 10.0 Å². The van der Waals surface area contributed by atoms with Crippen LogP contribution in [0, 0.1) is 0 Å². The number of nitrogens with two attached hydrogens (primary N) is 2. The quantitative estimate of drug-likeness (QED) is 0.369. The SMILES string of the molecule is CCOC(=O)N1CCC(NS(=O)(=O)c2cnc(CN=C(N)N)[nH]2)CC1. The number of aliphatic imine (C=N–C) groups is 1. The summed E-state index contributed by atoms with van der Waals surface area (Å²) in [6.07, 6.45) is 1.86. The molecule has 0 aromatic carbocycles. The Morgan fingerprint density at radius 1 is 1.48 bits per heavy atom. The van der Waals surface area contributed by atoms with Crippen LogP contribution in [0.2, 0.25) is 0 Å². The molecule has 0 bridgehead atoms. The summed E-state index contributed by atoms with van der Waals surface area (Å²) < 4.78 is 32.3. The molecule has 1 amide bonds. The first-order chi connectivity index (χ1) is 11.8. The molecule has 25 heavy (non-hydrogen) atoms. The average molecular weight is 373 g/mol. The van der Waals surface area contributed by atoms with Crippen molar-refractivity contribution in [3.8, 4) is 0 Å². The van der Waals surface area contributed by atoms with Gasteiger partial charge in [0.1, 0.15) is 12.4 Å². The maximum Gasteiger partial charge on any atom is 0.409 e. The number of aromatic amines is 1. The van der Waals surface area contributed by atoms with E-state index in [1.165, 1.54) is 6.20 Å². The molecule has 12 heteroatoms. The Balaban J connectivity index is 1.92. The van der Waals surface area contributed by atoms with Gasteiger partial charge in [-0.2, -0.15) is 0 Å². The van der Waals surface area contributed by atoms with Gasteiger partial charge in [0.2, 0.25) is 0 Å². The number of aromatic nitrogens is 2. The van der Waals surface area contributed by atoms with Crippen LogP contribution in [0.1, 0.15) is 25.6 Å². The standard InChI is InChI=1S/C13H23N7O4S/c1-2-24-13(21)20-5-3-9(4-6-20)19-25(22,23)11-8-16-10(18-11)7-17-12(14)15/h8-9,19H,2-7H2,1H3,(H,16,18)(H4,14,15,17). The van der Waals surface area contributed by atoms with E-state index in [1.54, 1.807) is 11.8 Å². The lowest BCUT2D eigenvalue weighted by Crippen LogP contribution is -2.46. The number of carbonyl (C=O) groups excluding carboxylic acids is 1. The maximum atomic E-state index is 12.4. The fraction of sp³-hybridized carbons (Fsp3) is 0.615. The van der Waals surface area contributed by atoms with Gasteiger partial charge in [-0.3, -0.25) is 0 Å². The summed E-state index contributed by atoms with van der Waals surface area (Å²) in [6, 6.07) is -0.264. The van der Waals surface area contributed by atoms with Crippen LogP contribution in [0.5, 0.6) is 0 Å². The highest BCUT2D eigenvalue weighted by atomic mass is 32.2. The lowest BCUT2D eigenvalue weighted by atomic mass is 10.1. The van der Waals surface area contributed by atoms with Crippen molar-refractivity contribution in [2.24, 2.45) is 16.5 Å². The Labute approximate surface area is 145 Å². The number of sulfonamides is 1. The number of piperidine rings is 1. The van der Waals surface area contributed by atoms with Gasteiger partial charge in [-0.1, -0.05) is 0 Å². The smallest absolute Gasteiger partial charge is 0.409 e. The number of amides is 1. The van der Waals surface area contributed by atoms with Crippen molar-refractivity contribution in [3.05, 3.63) is 12.0 Å². The Hall–Kier alpha value is -2.34. The largest absolute Gasteiger partial charge is 0.450 e. The van der Waals surface area contributed by atoms with Crippen molar-refractivity contribution in [1.82, 2.24) is 19.6 Å². The first-order valence-corrected chi connectivity index (χ1v) is 9.33. The summed E-state index contributed by atoms with van der Waals surface area (Å²) in [4.78, 5) is 23.6. The molecule has 11 nitrogen and oxygen atoms in total. The van der Waals surface area contributed by atoms with Crippen LogP contribution in [-0.4, -0.2) is 61.1 Å². The fourth-order valence-corrected chi connectivity index (χ4v) is 3.65. The van der Waals surface area contributed by atoms with Gasteiger partial charge in [-0.25, -0.2) is 27.9 Å². The molecule has 0 aliphatic carbocycles. The molecular weight excluding hydrogens is 350 g/mol. The summed E-state index contributed by atoms with van der Waals surface area (Å²) in [5.41, 5.74) is 10.5. The van der Waals surface area contributed by atoms with E-state index >= 15 is 0 Å². The van der Waals surface area contributed by atoms with Crippen molar-refractivity contribution in [2.45, 2.75) is 37.4 Å². The zero-order chi connectivity index (χ0) is 18.4. The summed E-state index contributed by atoms with van der Waals surface area (Å²) in [5.74, 6) is 0.234. The number of hydrogen-bond donors (Lipinski definition) is 4. The van der Waals surface area contributed by atoms with Crippen molar-refractivity contribution < 1.29 is 17.9 Å². The number of hydrogen-bond acceptors (Lipinski definition) is 6.